The summed E-state index contributed by atoms with van der Waals surface area (Å²) in [6.07, 6.45) is 4.34. The molecular formula is C12H25N. The van der Waals surface area contributed by atoms with Gasteiger partial charge in [0.15, 0.2) is 0 Å². The van der Waals surface area contributed by atoms with Crippen LogP contribution in [-0.2, 0) is 0 Å². The zero-order valence-corrected chi connectivity index (χ0v) is 9.93. The minimum Gasteiger partial charge on any atom is -0.309 e. The van der Waals surface area contributed by atoms with E-state index in [9.17, 15) is 0 Å². The Hall–Kier alpha value is -0.0400. The average molecular weight is 183 g/mol. The standard InChI is InChI=1S/C12H25N/c1-12(2,3)11-7-6-10(8-11)9-13(4)5/h10-11H,6-9H2,1-5H3. The van der Waals surface area contributed by atoms with Crippen LogP contribution in [-0.4, -0.2) is 25.5 Å². The molecule has 0 heterocycles. The molecular weight excluding hydrogens is 158 g/mol. The van der Waals surface area contributed by atoms with Crippen molar-refractivity contribution in [1.29, 1.82) is 0 Å². The first kappa shape index (κ1) is 11.0. The van der Waals surface area contributed by atoms with Gasteiger partial charge in [0.1, 0.15) is 0 Å². The van der Waals surface area contributed by atoms with Crippen LogP contribution < -0.4 is 0 Å². The van der Waals surface area contributed by atoms with Crippen molar-refractivity contribution in [2.24, 2.45) is 17.3 Å². The summed E-state index contributed by atoms with van der Waals surface area (Å²) in [6.45, 7) is 8.44. The van der Waals surface area contributed by atoms with Gasteiger partial charge in [-0.2, -0.15) is 0 Å². The van der Waals surface area contributed by atoms with Gasteiger partial charge in [0.25, 0.3) is 0 Å². The Bertz CT molecular complexity index is 155. The van der Waals surface area contributed by atoms with Crippen molar-refractivity contribution in [2.45, 2.75) is 40.0 Å². The third kappa shape index (κ3) is 3.30. The van der Waals surface area contributed by atoms with Crippen LogP contribution in [0.5, 0.6) is 0 Å². The van der Waals surface area contributed by atoms with Gasteiger partial charge in [-0.25, -0.2) is 0 Å². The van der Waals surface area contributed by atoms with E-state index in [1.807, 2.05) is 0 Å². The highest BCUT2D eigenvalue weighted by atomic mass is 15.1. The van der Waals surface area contributed by atoms with Crippen molar-refractivity contribution in [1.82, 2.24) is 4.90 Å². The van der Waals surface area contributed by atoms with Gasteiger partial charge in [-0.3, -0.25) is 0 Å². The van der Waals surface area contributed by atoms with Crippen LogP contribution in [0.3, 0.4) is 0 Å². The minimum atomic E-state index is 0.529. The van der Waals surface area contributed by atoms with Crippen molar-refractivity contribution < 1.29 is 0 Å². The Morgan fingerprint density at radius 1 is 1.15 bits per heavy atom. The van der Waals surface area contributed by atoms with Crippen molar-refractivity contribution in [3.63, 3.8) is 0 Å². The molecule has 1 aliphatic carbocycles. The summed E-state index contributed by atoms with van der Waals surface area (Å²) in [5.41, 5.74) is 0.529. The predicted molar refractivity (Wildman–Crippen MR) is 58.8 cm³/mol. The summed E-state index contributed by atoms with van der Waals surface area (Å²) in [4.78, 5) is 2.33. The van der Waals surface area contributed by atoms with E-state index in [1.54, 1.807) is 0 Å². The van der Waals surface area contributed by atoms with Gasteiger partial charge in [-0.05, 0) is 50.6 Å². The average Bonchev–Trinajstić information content (AvgIpc) is 2.32. The first-order chi connectivity index (χ1) is 5.89. The summed E-state index contributed by atoms with van der Waals surface area (Å²) in [5.74, 6) is 1.91. The molecule has 0 aromatic heterocycles. The molecule has 1 aliphatic rings. The third-order valence-electron chi connectivity index (χ3n) is 3.39. The fourth-order valence-electron chi connectivity index (χ4n) is 2.54. The first-order valence-corrected chi connectivity index (χ1v) is 5.54. The second-order valence-corrected chi connectivity index (χ2v) is 6.00. The SMILES string of the molecule is CN(C)CC1CCC(C(C)(C)C)C1. The second kappa shape index (κ2) is 4.00. The van der Waals surface area contributed by atoms with Crippen LogP contribution in [0.1, 0.15) is 40.0 Å². The molecule has 0 amide bonds. The number of nitrogens with zero attached hydrogens (tertiary/aromatic N) is 1. The van der Waals surface area contributed by atoms with Crippen molar-refractivity contribution in [2.75, 3.05) is 20.6 Å². The maximum atomic E-state index is 2.38. The van der Waals surface area contributed by atoms with Crippen LogP contribution >= 0.6 is 0 Å². The maximum absolute atomic E-state index is 2.38. The largest absolute Gasteiger partial charge is 0.309 e. The Kier molecular flexibility index (Phi) is 3.39. The monoisotopic (exact) mass is 183 g/mol. The highest BCUT2D eigenvalue weighted by molar-refractivity contribution is 4.84. The third-order valence-corrected chi connectivity index (χ3v) is 3.39. The van der Waals surface area contributed by atoms with E-state index in [1.165, 1.54) is 25.8 Å². The Labute approximate surface area is 83.5 Å². The van der Waals surface area contributed by atoms with Crippen molar-refractivity contribution >= 4 is 0 Å². The Balaban J connectivity index is 2.36. The summed E-state index contributed by atoms with van der Waals surface area (Å²) in [5, 5.41) is 0. The molecule has 1 heteroatoms. The van der Waals surface area contributed by atoms with Crippen LogP contribution in [0, 0.1) is 17.3 Å². The summed E-state index contributed by atoms with van der Waals surface area (Å²) < 4.78 is 0. The van der Waals surface area contributed by atoms with Gasteiger partial charge in [0, 0.05) is 6.54 Å². The van der Waals surface area contributed by atoms with E-state index < -0.39 is 0 Å². The van der Waals surface area contributed by atoms with E-state index >= 15 is 0 Å². The van der Waals surface area contributed by atoms with Gasteiger partial charge in [0.2, 0.25) is 0 Å². The van der Waals surface area contributed by atoms with E-state index in [0.717, 1.165) is 11.8 Å². The van der Waals surface area contributed by atoms with Crippen molar-refractivity contribution in [3.05, 3.63) is 0 Å². The molecule has 0 bridgehead atoms. The molecule has 2 atom stereocenters. The first-order valence-electron chi connectivity index (χ1n) is 5.54. The number of hydrogen-bond acceptors (Lipinski definition) is 1. The molecule has 0 spiro atoms. The van der Waals surface area contributed by atoms with Crippen LogP contribution in [0.2, 0.25) is 0 Å². The quantitative estimate of drug-likeness (QED) is 0.636. The molecule has 2 unspecified atom stereocenters. The molecule has 13 heavy (non-hydrogen) atoms. The highest BCUT2D eigenvalue weighted by Crippen LogP contribution is 2.42. The van der Waals surface area contributed by atoms with Gasteiger partial charge in [0.05, 0.1) is 0 Å². The summed E-state index contributed by atoms with van der Waals surface area (Å²) >= 11 is 0. The van der Waals surface area contributed by atoms with Gasteiger partial charge in [-0.15, -0.1) is 0 Å². The fourth-order valence-corrected chi connectivity index (χ4v) is 2.54. The fraction of sp³-hybridized carbons (Fsp3) is 1.00. The molecule has 0 saturated heterocycles. The Morgan fingerprint density at radius 3 is 2.15 bits per heavy atom. The zero-order chi connectivity index (χ0) is 10.1. The lowest BCUT2D eigenvalue weighted by atomic mass is 9.79. The Morgan fingerprint density at radius 2 is 1.77 bits per heavy atom. The van der Waals surface area contributed by atoms with E-state index in [4.69, 9.17) is 0 Å². The molecule has 0 aromatic carbocycles. The van der Waals surface area contributed by atoms with E-state index in [2.05, 4.69) is 39.8 Å². The van der Waals surface area contributed by atoms with Gasteiger partial charge >= 0.3 is 0 Å². The number of rotatable bonds is 2. The van der Waals surface area contributed by atoms with E-state index in [-0.39, 0.29) is 0 Å². The smallest absolute Gasteiger partial charge is 0.000366 e. The summed E-state index contributed by atoms with van der Waals surface area (Å²) in [6, 6.07) is 0. The zero-order valence-electron chi connectivity index (χ0n) is 9.93. The number of hydrogen-bond donors (Lipinski definition) is 0. The molecule has 0 aliphatic heterocycles. The van der Waals surface area contributed by atoms with Gasteiger partial charge < -0.3 is 4.90 Å². The topological polar surface area (TPSA) is 3.24 Å². The summed E-state index contributed by atoms with van der Waals surface area (Å²) in [7, 11) is 4.37. The molecule has 78 valence electrons. The maximum Gasteiger partial charge on any atom is 0.000366 e. The predicted octanol–water partition coefficient (Wildman–Crippen LogP) is 3.01. The minimum absolute atomic E-state index is 0.529. The molecule has 0 aromatic rings. The molecule has 0 radical (unpaired) electrons. The molecule has 0 N–H and O–H groups in total. The van der Waals surface area contributed by atoms with E-state index in [0.29, 0.717) is 5.41 Å². The lowest BCUT2D eigenvalue weighted by Gasteiger charge is -2.27. The lowest BCUT2D eigenvalue weighted by Crippen LogP contribution is -2.22. The van der Waals surface area contributed by atoms with Crippen LogP contribution in [0.4, 0.5) is 0 Å². The molecule has 1 rings (SSSR count). The molecule has 1 nitrogen and oxygen atoms in total. The van der Waals surface area contributed by atoms with Crippen molar-refractivity contribution in [3.8, 4) is 0 Å². The van der Waals surface area contributed by atoms with Crippen LogP contribution in [0.15, 0.2) is 0 Å². The molecule has 1 saturated carbocycles. The highest BCUT2D eigenvalue weighted by Gasteiger charge is 2.32. The lowest BCUT2D eigenvalue weighted by molar-refractivity contribution is 0.230. The van der Waals surface area contributed by atoms with Gasteiger partial charge in [-0.1, -0.05) is 20.8 Å². The van der Waals surface area contributed by atoms with Crippen LogP contribution in [0.25, 0.3) is 0 Å². The second-order valence-electron chi connectivity index (χ2n) is 6.00. The molecule has 1 fully saturated rings. The normalized spacial score (nSPS) is 30.0.